The normalized spacial score (nSPS) is 14.5. The molecule has 1 aliphatic heterocycles. The fourth-order valence-electron chi connectivity index (χ4n) is 5.67. The minimum atomic E-state index is -0.902. The van der Waals surface area contributed by atoms with Crippen molar-refractivity contribution in [3.63, 3.8) is 0 Å². The molecule has 2 N–H and O–H groups in total. The number of hydrogen-bond donors (Lipinski definition) is 2. The van der Waals surface area contributed by atoms with E-state index in [-0.39, 0.29) is 30.9 Å². The van der Waals surface area contributed by atoms with Crippen LogP contribution >= 0.6 is 0 Å². The highest BCUT2D eigenvalue weighted by atomic mass is 16.5. The van der Waals surface area contributed by atoms with Gasteiger partial charge in [0, 0.05) is 40.0 Å². The number of imide groups is 1. The van der Waals surface area contributed by atoms with Gasteiger partial charge in [-0.15, -0.1) is 0 Å². The zero-order valence-electron chi connectivity index (χ0n) is 22.1. The van der Waals surface area contributed by atoms with Crippen LogP contribution in [0, 0.1) is 0 Å². The zero-order valence-corrected chi connectivity index (χ0v) is 22.1. The second-order valence-corrected chi connectivity index (χ2v) is 9.92. The molecule has 4 aromatic carbocycles. The molecule has 8 nitrogen and oxygen atoms in total. The van der Waals surface area contributed by atoms with Crippen LogP contribution in [0.25, 0.3) is 21.9 Å². The third-order valence-corrected chi connectivity index (χ3v) is 7.64. The first kappa shape index (κ1) is 25.3. The summed E-state index contributed by atoms with van der Waals surface area (Å²) in [5, 5.41) is 6.52. The van der Waals surface area contributed by atoms with E-state index in [4.69, 9.17) is 4.74 Å². The Morgan fingerprint density at radius 2 is 1.43 bits per heavy atom. The van der Waals surface area contributed by atoms with Crippen molar-refractivity contribution < 1.29 is 23.9 Å². The summed E-state index contributed by atoms with van der Waals surface area (Å²) in [6.45, 7) is 3.72. The minimum Gasteiger partial charge on any atom is -0.449 e. The van der Waals surface area contributed by atoms with Crippen molar-refractivity contribution in [2.75, 3.05) is 18.5 Å². The Morgan fingerprint density at radius 1 is 0.825 bits per heavy atom. The maximum absolute atomic E-state index is 13.0. The summed E-state index contributed by atoms with van der Waals surface area (Å²) < 4.78 is 5.57. The van der Waals surface area contributed by atoms with E-state index in [9.17, 15) is 19.2 Å². The van der Waals surface area contributed by atoms with Crippen LogP contribution in [-0.4, -0.2) is 47.9 Å². The lowest BCUT2D eigenvalue weighted by Crippen LogP contribution is -2.42. The van der Waals surface area contributed by atoms with Crippen molar-refractivity contribution in [1.29, 1.82) is 0 Å². The van der Waals surface area contributed by atoms with Crippen LogP contribution in [0.5, 0.6) is 0 Å². The number of hydrogen-bond acceptors (Lipinski definition) is 5. The lowest BCUT2D eigenvalue weighted by atomic mass is 9.93. The van der Waals surface area contributed by atoms with E-state index in [1.54, 1.807) is 44.2 Å². The van der Waals surface area contributed by atoms with Crippen LogP contribution in [0.15, 0.2) is 78.9 Å². The van der Waals surface area contributed by atoms with Gasteiger partial charge in [-0.3, -0.25) is 19.3 Å². The standard InChI is InChI=1S/C32H27N3O5/c1-3-35-30(37)24-14-8-13-23-27(16-15-25(28(23)24)31(35)38)34-29(36)18(2)33-32(39)40-17-26-21-11-6-4-9-19(21)20-10-5-7-12-22(20)26/h4-16,18,26H,3,17H2,1-2H3,(H,33,39)(H,34,36). The van der Waals surface area contributed by atoms with Gasteiger partial charge in [-0.25, -0.2) is 4.79 Å². The van der Waals surface area contributed by atoms with Gasteiger partial charge in [0.1, 0.15) is 12.6 Å². The van der Waals surface area contributed by atoms with Crippen molar-refractivity contribution in [2.45, 2.75) is 25.8 Å². The Balaban J connectivity index is 1.14. The summed E-state index contributed by atoms with van der Waals surface area (Å²) in [5.41, 5.74) is 5.73. The lowest BCUT2D eigenvalue weighted by molar-refractivity contribution is -0.117. The summed E-state index contributed by atoms with van der Waals surface area (Å²) in [6, 6.07) is 23.6. The van der Waals surface area contributed by atoms with E-state index in [0.717, 1.165) is 22.3 Å². The number of carbonyl (C=O) groups excluding carboxylic acids is 4. The molecule has 1 unspecified atom stereocenters. The molecule has 0 aromatic heterocycles. The number of nitrogens with one attached hydrogen (secondary N) is 2. The molecule has 0 fully saturated rings. The minimum absolute atomic E-state index is 0.0889. The second kappa shape index (κ2) is 9.96. The van der Waals surface area contributed by atoms with Crippen molar-refractivity contribution >= 4 is 40.3 Å². The highest BCUT2D eigenvalue weighted by molar-refractivity contribution is 6.27. The third kappa shape index (κ3) is 4.09. The molecule has 0 bridgehead atoms. The molecule has 8 heteroatoms. The second-order valence-electron chi connectivity index (χ2n) is 9.92. The van der Waals surface area contributed by atoms with E-state index in [0.29, 0.717) is 27.6 Å². The highest BCUT2D eigenvalue weighted by Crippen LogP contribution is 2.44. The number of alkyl carbamates (subject to hydrolysis) is 1. The van der Waals surface area contributed by atoms with Crippen LogP contribution in [0.1, 0.15) is 51.6 Å². The van der Waals surface area contributed by atoms with Gasteiger partial charge in [-0.05, 0) is 54.3 Å². The van der Waals surface area contributed by atoms with Gasteiger partial charge >= 0.3 is 6.09 Å². The molecule has 40 heavy (non-hydrogen) atoms. The Kier molecular flexibility index (Phi) is 6.30. The van der Waals surface area contributed by atoms with Gasteiger partial charge in [0.05, 0.1) is 0 Å². The molecule has 1 atom stereocenters. The van der Waals surface area contributed by atoms with E-state index in [1.807, 2.05) is 36.4 Å². The number of ether oxygens (including phenoxy) is 1. The summed E-state index contributed by atoms with van der Waals surface area (Å²) >= 11 is 0. The monoisotopic (exact) mass is 533 g/mol. The first-order chi connectivity index (χ1) is 19.4. The first-order valence-electron chi connectivity index (χ1n) is 13.2. The van der Waals surface area contributed by atoms with Crippen molar-refractivity contribution in [3.8, 4) is 11.1 Å². The topological polar surface area (TPSA) is 105 Å². The van der Waals surface area contributed by atoms with Crippen LogP contribution in [0.2, 0.25) is 0 Å². The number of nitrogens with zero attached hydrogens (tertiary/aromatic N) is 1. The highest BCUT2D eigenvalue weighted by Gasteiger charge is 2.33. The quantitative estimate of drug-likeness (QED) is 0.327. The molecule has 0 saturated heterocycles. The van der Waals surface area contributed by atoms with Gasteiger partial charge in [-0.2, -0.15) is 0 Å². The Morgan fingerprint density at radius 3 is 2.08 bits per heavy atom. The summed E-state index contributed by atoms with van der Waals surface area (Å²) in [5.74, 6) is -1.27. The van der Waals surface area contributed by atoms with Crippen molar-refractivity contribution in [2.24, 2.45) is 0 Å². The van der Waals surface area contributed by atoms with Crippen molar-refractivity contribution in [1.82, 2.24) is 10.2 Å². The van der Waals surface area contributed by atoms with Gasteiger partial charge in [0.25, 0.3) is 11.8 Å². The molecule has 0 saturated carbocycles. The predicted molar refractivity (Wildman–Crippen MR) is 151 cm³/mol. The molecular weight excluding hydrogens is 506 g/mol. The van der Waals surface area contributed by atoms with Crippen LogP contribution in [-0.2, 0) is 9.53 Å². The molecule has 4 aromatic rings. The predicted octanol–water partition coefficient (Wildman–Crippen LogP) is 5.32. The average molecular weight is 534 g/mol. The van der Waals surface area contributed by atoms with Crippen LogP contribution in [0.4, 0.5) is 10.5 Å². The number of fused-ring (bicyclic) bond motifs is 3. The largest absolute Gasteiger partial charge is 0.449 e. The molecule has 1 heterocycles. The fraction of sp³-hybridized carbons (Fsp3) is 0.188. The van der Waals surface area contributed by atoms with Gasteiger partial charge < -0.3 is 15.4 Å². The Hall–Kier alpha value is -4.98. The molecular formula is C32H27N3O5. The number of amides is 4. The van der Waals surface area contributed by atoms with E-state index in [1.165, 1.54) is 4.90 Å². The molecule has 0 spiro atoms. The van der Waals surface area contributed by atoms with Gasteiger partial charge in [0.15, 0.2) is 0 Å². The lowest BCUT2D eigenvalue weighted by Gasteiger charge is -2.27. The van der Waals surface area contributed by atoms with Gasteiger partial charge in [-0.1, -0.05) is 60.7 Å². The third-order valence-electron chi connectivity index (χ3n) is 7.64. The van der Waals surface area contributed by atoms with E-state index >= 15 is 0 Å². The summed E-state index contributed by atoms with van der Waals surface area (Å²) in [4.78, 5) is 52.6. The summed E-state index contributed by atoms with van der Waals surface area (Å²) in [7, 11) is 0. The number of anilines is 1. The molecule has 1 aliphatic carbocycles. The zero-order chi connectivity index (χ0) is 28.0. The van der Waals surface area contributed by atoms with Crippen molar-refractivity contribution in [3.05, 3.63) is 101 Å². The van der Waals surface area contributed by atoms with Crippen LogP contribution < -0.4 is 10.6 Å². The molecule has 0 radical (unpaired) electrons. The summed E-state index contributed by atoms with van der Waals surface area (Å²) in [6.07, 6.45) is -0.697. The van der Waals surface area contributed by atoms with E-state index < -0.39 is 18.0 Å². The maximum atomic E-state index is 13.0. The Labute approximate surface area is 230 Å². The molecule has 4 amide bonds. The fourth-order valence-corrected chi connectivity index (χ4v) is 5.67. The molecule has 200 valence electrons. The van der Waals surface area contributed by atoms with E-state index in [2.05, 4.69) is 22.8 Å². The SMILES string of the molecule is CCN1C(=O)c2cccc3c(NC(=O)C(C)NC(=O)OCC4c5ccccc5-c5ccccc54)ccc(c23)C1=O. The smallest absolute Gasteiger partial charge is 0.407 e. The molecule has 6 rings (SSSR count). The maximum Gasteiger partial charge on any atom is 0.407 e. The first-order valence-corrected chi connectivity index (χ1v) is 13.2. The van der Waals surface area contributed by atoms with Gasteiger partial charge in [0.2, 0.25) is 5.91 Å². The number of rotatable bonds is 6. The van der Waals surface area contributed by atoms with Crippen LogP contribution in [0.3, 0.4) is 0 Å². The number of carbonyl (C=O) groups is 4. The number of benzene rings is 4. The average Bonchev–Trinajstić information content (AvgIpc) is 3.29. The Bertz CT molecular complexity index is 1640. The molecule has 2 aliphatic rings.